The fourth-order valence-corrected chi connectivity index (χ4v) is 3.01. The van der Waals surface area contributed by atoms with E-state index in [1.54, 1.807) is 0 Å². The number of aliphatic carboxylic acids is 1. The molecule has 0 bridgehead atoms. The van der Waals surface area contributed by atoms with Gasteiger partial charge in [-0.1, -0.05) is 37.8 Å². The first-order valence-corrected chi connectivity index (χ1v) is 10.1. The molecule has 26 heavy (non-hydrogen) atoms. The minimum Gasteiger partial charge on any atom is -0.481 e. The highest BCUT2D eigenvalue weighted by Crippen LogP contribution is 2.20. The summed E-state index contributed by atoms with van der Waals surface area (Å²) in [7, 11) is 0. The van der Waals surface area contributed by atoms with Gasteiger partial charge in [-0.05, 0) is 57.3 Å². The van der Waals surface area contributed by atoms with Crippen LogP contribution in [0.2, 0.25) is 0 Å². The van der Waals surface area contributed by atoms with Crippen LogP contribution in [0.4, 0.5) is 0 Å². The summed E-state index contributed by atoms with van der Waals surface area (Å²) in [5.41, 5.74) is 0. The lowest BCUT2D eigenvalue weighted by molar-refractivity contribution is -0.137. The monoisotopic (exact) mass is 366 g/mol. The Morgan fingerprint density at radius 2 is 1.46 bits per heavy atom. The van der Waals surface area contributed by atoms with Gasteiger partial charge in [0.15, 0.2) is 0 Å². The molecule has 0 aromatic carbocycles. The molecule has 0 heterocycles. The van der Waals surface area contributed by atoms with Crippen LogP contribution < -0.4 is 0 Å². The van der Waals surface area contributed by atoms with Gasteiger partial charge in [-0.2, -0.15) is 0 Å². The SMILES string of the molecule is C=CCCCCCC(CCCCCC=C)COC(C=O)CCCC(=O)O. The lowest BCUT2D eigenvalue weighted by atomic mass is 9.95. The molecule has 0 aliphatic heterocycles. The van der Waals surface area contributed by atoms with Gasteiger partial charge in [-0.25, -0.2) is 0 Å². The normalized spacial score (nSPS) is 12.0. The maximum Gasteiger partial charge on any atom is 0.303 e. The Bertz CT molecular complexity index is 360. The number of rotatable bonds is 20. The van der Waals surface area contributed by atoms with Crippen molar-refractivity contribution in [3.63, 3.8) is 0 Å². The van der Waals surface area contributed by atoms with Gasteiger partial charge in [0.2, 0.25) is 0 Å². The molecule has 4 nitrogen and oxygen atoms in total. The van der Waals surface area contributed by atoms with Gasteiger partial charge in [-0.15, -0.1) is 13.2 Å². The molecule has 1 atom stereocenters. The van der Waals surface area contributed by atoms with Crippen LogP contribution in [0.1, 0.15) is 83.5 Å². The number of carboxylic acid groups (broad SMARTS) is 1. The largest absolute Gasteiger partial charge is 0.481 e. The van der Waals surface area contributed by atoms with E-state index in [1.165, 1.54) is 38.5 Å². The first kappa shape index (κ1) is 24.6. The van der Waals surface area contributed by atoms with E-state index in [2.05, 4.69) is 13.2 Å². The van der Waals surface area contributed by atoms with E-state index in [4.69, 9.17) is 9.84 Å². The molecule has 4 heteroatoms. The van der Waals surface area contributed by atoms with Gasteiger partial charge < -0.3 is 14.6 Å². The standard InChI is InChI=1S/C22H38O4/c1-3-5-7-9-11-14-20(15-12-10-8-6-4-2)19-26-21(18-23)16-13-17-22(24)25/h3-4,18,20-21H,1-2,5-17,19H2,(H,24,25). The van der Waals surface area contributed by atoms with Crippen molar-refractivity contribution in [2.75, 3.05) is 6.61 Å². The highest BCUT2D eigenvalue weighted by molar-refractivity contribution is 5.66. The van der Waals surface area contributed by atoms with E-state index in [-0.39, 0.29) is 6.42 Å². The molecule has 1 N–H and O–H groups in total. The van der Waals surface area contributed by atoms with Crippen molar-refractivity contribution in [1.82, 2.24) is 0 Å². The smallest absolute Gasteiger partial charge is 0.303 e. The van der Waals surface area contributed by atoms with E-state index < -0.39 is 12.1 Å². The summed E-state index contributed by atoms with van der Waals surface area (Å²) in [6.07, 6.45) is 16.8. The average molecular weight is 367 g/mol. The zero-order valence-corrected chi connectivity index (χ0v) is 16.4. The second kappa shape index (κ2) is 18.4. The van der Waals surface area contributed by atoms with Crippen molar-refractivity contribution in [3.8, 4) is 0 Å². The Balaban J connectivity index is 4.18. The molecule has 0 aliphatic rings. The molecule has 0 aromatic rings. The summed E-state index contributed by atoms with van der Waals surface area (Å²) < 4.78 is 5.80. The van der Waals surface area contributed by atoms with E-state index in [1.807, 2.05) is 12.2 Å². The van der Waals surface area contributed by atoms with Crippen LogP contribution in [0.15, 0.2) is 25.3 Å². The molecule has 0 amide bonds. The highest BCUT2D eigenvalue weighted by atomic mass is 16.5. The fraction of sp³-hybridized carbons (Fsp3) is 0.727. The molecule has 0 saturated heterocycles. The summed E-state index contributed by atoms with van der Waals surface area (Å²) in [4.78, 5) is 21.7. The van der Waals surface area contributed by atoms with Gasteiger partial charge in [-0.3, -0.25) is 4.79 Å². The second-order valence-corrected chi connectivity index (χ2v) is 7.01. The van der Waals surface area contributed by atoms with Crippen molar-refractivity contribution in [2.24, 2.45) is 5.92 Å². The lowest BCUT2D eigenvalue weighted by Crippen LogP contribution is -2.20. The maximum absolute atomic E-state index is 11.2. The highest BCUT2D eigenvalue weighted by Gasteiger charge is 2.14. The molecule has 0 saturated carbocycles. The molecule has 0 aromatic heterocycles. The van der Waals surface area contributed by atoms with E-state index in [0.717, 1.165) is 32.0 Å². The fourth-order valence-electron chi connectivity index (χ4n) is 3.01. The van der Waals surface area contributed by atoms with Crippen molar-refractivity contribution < 1.29 is 19.4 Å². The third kappa shape index (κ3) is 16.1. The minimum atomic E-state index is -0.827. The topological polar surface area (TPSA) is 63.6 Å². The Morgan fingerprint density at radius 3 is 1.92 bits per heavy atom. The van der Waals surface area contributed by atoms with Crippen molar-refractivity contribution in [1.29, 1.82) is 0 Å². The third-order valence-electron chi connectivity index (χ3n) is 4.62. The van der Waals surface area contributed by atoms with Crippen LogP contribution in [-0.2, 0) is 14.3 Å². The van der Waals surface area contributed by atoms with Gasteiger partial charge >= 0.3 is 5.97 Å². The Kier molecular flexibility index (Phi) is 17.4. The number of hydrogen-bond donors (Lipinski definition) is 1. The van der Waals surface area contributed by atoms with Crippen LogP contribution in [-0.4, -0.2) is 30.1 Å². The molecule has 0 spiro atoms. The first-order chi connectivity index (χ1) is 12.6. The van der Waals surface area contributed by atoms with Gasteiger partial charge in [0.1, 0.15) is 12.4 Å². The Labute approximate surface area is 159 Å². The van der Waals surface area contributed by atoms with Crippen LogP contribution in [0.5, 0.6) is 0 Å². The van der Waals surface area contributed by atoms with Crippen molar-refractivity contribution >= 4 is 12.3 Å². The molecule has 150 valence electrons. The number of ether oxygens (including phenoxy) is 1. The van der Waals surface area contributed by atoms with Crippen LogP contribution in [0, 0.1) is 5.92 Å². The number of aldehydes is 1. The third-order valence-corrected chi connectivity index (χ3v) is 4.62. The van der Waals surface area contributed by atoms with E-state index in [9.17, 15) is 9.59 Å². The van der Waals surface area contributed by atoms with E-state index >= 15 is 0 Å². The Hall–Kier alpha value is -1.42. The van der Waals surface area contributed by atoms with Crippen LogP contribution >= 0.6 is 0 Å². The number of carbonyl (C=O) groups is 2. The number of allylic oxidation sites excluding steroid dienone is 2. The predicted octanol–water partition coefficient (Wildman–Crippen LogP) is 5.71. The zero-order chi connectivity index (χ0) is 19.5. The molecule has 0 radical (unpaired) electrons. The minimum absolute atomic E-state index is 0.0870. The molecule has 0 aliphatic carbocycles. The molecule has 1 unspecified atom stereocenters. The zero-order valence-electron chi connectivity index (χ0n) is 16.4. The summed E-state index contributed by atoms with van der Waals surface area (Å²) in [5, 5.41) is 8.69. The average Bonchev–Trinajstić information content (AvgIpc) is 2.62. The summed E-state index contributed by atoms with van der Waals surface area (Å²) >= 11 is 0. The predicted molar refractivity (Wildman–Crippen MR) is 107 cm³/mol. The summed E-state index contributed by atoms with van der Waals surface area (Å²) in [6.45, 7) is 8.11. The quantitative estimate of drug-likeness (QED) is 0.170. The summed E-state index contributed by atoms with van der Waals surface area (Å²) in [6, 6.07) is 0. The maximum atomic E-state index is 11.2. The molecule has 0 fully saturated rings. The number of hydrogen-bond acceptors (Lipinski definition) is 3. The molecular weight excluding hydrogens is 328 g/mol. The number of unbranched alkanes of at least 4 members (excludes halogenated alkanes) is 6. The van der Waals surface area contributed by atoms with Crippen LogP contribution in [0.25, 0.3) is 0 Å². The number of carbonyl (C=O) groups excluding carboxylic acids is 1. The van der Waals surface area contributed by atoms with E-state index in [0.29, 0.717) is 25.4 Å². The van der Waals surface area contributed by atoms with Crippen molar-refractivity contribution in [3.05, 3.63) is 25.3 Å². The first-order valence-electron chi connectivity index (χ1n) is 10.1. The summed E-state index contributed by atoms with van der Waals surface area (Å²) in [5.74, 6) is -0.351. The van der Waals surface area contributed by atoms with Crippen LogP contribution in [0.3, 0.4) is 0 Å². The van der Waals surface area contributed by atoms with Gasteiger partial charge in [0, 0.05) is 6.42 Å². The lowest BCUT2D eigenvalue weighted by Gasteiger charge is -2.20. The number of carboxylic acids is 1. The second-order valence-electron chi connectivity index (χ2n) is 7.01. The van der Waals surface area contributed by atoms with Crippen molar-refractivity contribution in [2.45, 2.75) is 89.6 Å². The molecular formula is C22H38O4. The van der Waals surface area contributed by atoms with Gasteiger partial charge in [0.25, 0.3) is 0 Å². The Morgan fingerprint density at radius 1 is 0.885 bits per heavy atom. The molecule has 0 rings (SSSR count). The van der Waals surface area contributed by atoms with Gasteiger partial charge in [0.05, 0.1) is 6.61 Å².